The largest absolute Gasteiger partial charge is 0.457 e. The Morgan fingerprint density at radius 1 is 1.43 bits per heavy atom. The lowest BCUT2D eigenvalue weighted by Crippen LogP contribution is -2.22. The van der Waals surface area contributed by atoms with Gasteiger partial charge in [-0.2, -0.15) is 13.2 Å². The second-order valence-corrected chi connectivity index (χ2v) is 3.25. The number of primary amides is 1. The van der Waals surface area contributed by atoms with E-state index in [1.54, 1.807) is 0 Å². The van der Waals surface area contributed by atoms with Gasteiger partial charge in [-0.1, -0.05) is 0 Å². The summed E-state index contributed by atoms with van der Waals surface area (Å²) in [6, 6.07) is 0. The summed E-state index contributed by atoms with van der Waals surface area (Å²) in [7, 11) is 0. The molecule has 0 radical (unpaired) electrons. The molecular weight excluding hydrogens is 221 g/mol. The third kappa shape index (κ3) is 2.08. The molecule has 0 atom stereocenters. The Hall–Kier alpha value is -1.44. The molecule has 14 heavy (non-hydrogen) atoms. The number of rotatable bonds is 2. The van der Waals surface area contributed by atoms with Gasteiger partial charge in [0, 0.05) is 0 Å². The minimum absolute atomic E-state index is 0.183. The van der Waals surface area contributed by atoms with Gasteiger partial charge in [-0.15, -0.1) is 11.3 Å². The van der Waals surface area contributed by atoms with Gasteiger partial charge >= 0.3 is 6.18 Å². The number of Topliss-reactive ketones (excluding diaryl/α,β-unsaturated/α-hetero) is 1. The molecule has 76 valence electrons. The monoisotopic (exact) mass is 224 g/mol. The van der Waals surface area contributed by atoms with Gasteiger partial charge in [0.25, 0.3) is 11.7 Å². The smallest absolute Gasteiger partial charge is 0.365 e. The zero-order valence-electron chi connectivity index (χ0n) is 6.46. The van der Waals surface area contributed by atoms with Crippen LogP contribution in [0, 0.1) is 0 Å². The maximum Gasteiger partial charge on any atom is 0.457 e. The van der Waals surface area contributed by atoms with Crippen LogP contribution in [0.25, 0.3) is 0 Å². The number of carbonyl (C=O) groups is 2. The van der Waals surface area contributed by atoms with Crippen LogP contribution in [-0.4, -0.2) is 22.9 Å². The lowest BCUT2D eigenvalue weighted by molar-refractivity contribution is -0.0885. The topological polar surface area (TPSA) is 73.1 Å². The number of carbonyl (C=O) groups excluding carboxylic acids is 2. The fourth-order valence-electron chi connectivity index (χ4n) is 0.614. The Bertz CT molecular complexity index is 385. The van der Waals surface area contributed by atoms with Gasteiger partial charge in [0.15, 0.2) is 5.01 Å². The summed E-state index contributed by atoms with van der Waals surface area (Å²) in [5.41, 5.74) is 4.78. The van der Waals surface area contributed by atoms with Crippen molar-refractivity contribution in [3.05, 3.63) is 16.1 Å². The number of thiazole rings is 1. The van der Waals surface area contributed by atoms with Gasteiger partial charge in [-0.3, -0.25) is 9.59 Å². The Morgan fingerprint density at radius 2 is 2.00 bits per heavy atom. The lowest BCUT2D eigenvalue weighted by Gasteiger charge is -1.99. The maximum atomic E-state index is 11.8. The summed E-state index contributed by atoms with van der Waals surface area (Å²) < 4.78 is 35.5. The summed E-state index contributed by atoms with van der Waals surface area (Å²) in [6.07, 6.45) is -4.14. The summed E-state index contributed by atoms with van der Waals surface area (Å²) in [6.45, 7) is 0. The molecule has 1 rings (SSSR count). The molecule has 0 bridgehead atoms. The molecular formula is C6H3F3N2O2S. The number of hydrogen-bond donors (Lipinski definition) is 1. The standard InChI is InChI=1S/C6H3F3N2O2S/c7-6(8,9)3(12)5-11-1-2(14-5)4(10)13/h1H,(H2,10,13). The maximum absolute atomic E-state index is 11.8. The van der Waals surface area contributed by atoms with E-state index in [2.05, 4.69) is 4.98 Å². The minimum Gasteiger partial charge on any atom is -0.365 e. The van der Waals surface area contributed by atoms with Crippen LogP contribution in [-0.2, 0) is 0 Å². The van der Waals surface area contributed by atoms with E-state index in [9.17, 15) is 22.8 Å². The van der Waals surface area contributed by atoms with E-state index in [4.69, 9.17) is 5.73 Å². The number of nitrogens with zero attached hydrogens (tertiary/aromatic N) is 1. The number of hydrogen-bond acceptors (Lipinski definition) is 4. The highest BCUT2D eigenvalue weighted by atomic mass is 32.1. The number of alkyl halides is 3. The number of amides is 1. The number of ketones is 1. The minimum atomic E-state index is -4.98. The molecule has 0 unspecified atom stereocenters. The Morgan fingerprint density at radius 3 is 2.36 bits per heavy atom. The van der Waals surface area contributed by atoms with Crippen molar-refractivity contribution in [2.45, 2.75) is 6.18 Å². The van der Waals surface area contributed by atoms with Crippen molar-refractivity contribution in [2.24, 2.45) is 5.73 Å². The van der Waals surface area contributed by atoms with Gasteiger partial charge in [-0.05, 0) is 0 Å². The fraction of sp³-hybridized carbons (Fsp3) is 0.167. The SMILES string of the molecule is NC(=O)c1cnc(C(=O)C(F)(F)F)s1. The van der Waals surface area contributed by atoms with E-state index >= 15 is 0 Å². The van der Waals surface area contributed by atoms with Crippen molar-refractivity contribution in [3.8, 4) is 0 Å². The Labute approximate surface area is 79.5 Å². The van der Waals surface area contributed by atoms with Crippen LogP contribution in [0.2, 0.25) is 0 Å². The summed E-state index contributed by atoms with van der Waals surface area (Å²) in [4.78, 5) is 24.0. The molecule has 0 fully saturated rings. The third-order valence-corrected chi connectivity index (χ3v) is 2.21. The highest BCUT2D eigenvalue weighted by Crippen LogP contribution is 2.24. The highest BCUT2D eigenvalue weighted by molar-refractivity contribution is 7.15. The molecule has 0 saturated carbocycles. The Kier molecular flexibility index (Phi) is 2.56. The summed E-state index contributed by atoms with van der Waals surface area (Å²) in [5.74, 6) is -2.99. The van der Waals surface area contributed by atoms with Crippen molar-refractivity contribution in [2.75, 3.05) is 0 Å². The van der Waals surface area contributed by atoms with E-state index in [0.717, 1.165) is 6.20 Å². The first kappa shape index (κ1) is 10.6. The van der Waals surface area contributed by atoms with Crippen LogP contribution in [0.4, 0.5) is 13.2 Å². The lowest BCUT2D eigenvalue weighted by atomic mass is 10.4. The third-order valence-electron chi connectivity index (χ3n) is 1.20. The average molecular weight is 224 g/mol. The van der Waals surface area contributed by atoms with E-state index in [-0.39, 0.29) is 4.88 Å². The average Bonchev–Trinajstić information content (AvgIpc) is 2.48. The van der Waals surface area contributed by atoms with Gasteiger partial charge in [0.2, 0.25) is 0 Å². The molecule has 1 amide bonds. The number of halogens is 3. The van der Waals surface area contributed by atoms with E-state index in [0.29, 0.717) is 11.3 Å². The van der Waals surface area contributed by atoms with E-state index in [1.165, 1.54) is 0 Å². The molecule has 0 aliphatic carbocycles. The van der Waals surface area contributed by atoms with Gasteiger partial charge in [0.05, 0.1) is 6.20 Å². The van der Waals surface area contributed by atoms with Gasteiger partial charge < -0.3 is 5.73 Å². The predicted molar refractivity (Wildman–Crippen MR) is 41.0 cm³/mol. The molecule has 0 aromatic carbocycles. The second-order valence-electron chi connectivity index (χ2n) is 2.22. The van der Waals surface area contributed by atoms with Crippen LogP contribution < -0.4 is 5.73 Å². The van der Waals surface area contributed by atoms with Crippen molar-refractivity contribution < 1.29 is 22.8 Å². The van der Waals surface area contributed by atoms with Crippen LogP contribution in [0.5, 0.6) is 0 Å². The van der Waals surface area contributed by atoms with Crippen molar-refractivity contribution >= 4 is 23.0 Å². The number of nitrogens with two attached hydrogens (primary N) is 1. The van der Waals surface area contributed by atoms with Crippen LogP contribution in [0.1, 0.15) is 19.5 Å². The molecule has 1 aromatic rings. The van der Waals surface area contributed by atoms with Crippen LogP contribution in [0.15, 0.2) is 6.20 Å². The summed E-state index contributed by atoms with van der Waals surface area (Å²) in [5, 5.41) is -0.786. The van der Waals surface area contributed by atoms with Crippen molar-refractivity contribution in [1.29, 1.82) is 0 Å². The normalized spacial score (nSPS) is 11.4. The molecule has 2 N–H and O–H groups in total. The first-order chi connectivity index (χ1) is 6.32. The summed E-state index contributed by atoms with van der Waals surface area (Å²) >= 11 is 0.321. The Balaban J connectivity index is 2.99. The molecule has 1 heterocycles. The fourth-order valence-corrected chi connectivity index (χ4v) is 1.34. The molecule has 0 spiro atoms. The second kappa shape index (κ2) is 3.37. The first-order valence-corrected chi connectivity index (χ1v) is 4.01. The highest BCUT2D eigenvalue weighted by Gasteiger charge is 2.41. The van der Waals surface area contributed by atoms with Crippen molar-refractivity contribution in [1.82, 2.24) is 4.98 Å². The van der Waals surface area contributed by atoms with Gasteiger partial charge in [-0.25, -0.2) is 4.98 Å². The van der Waals surface area contributed by atoms with Gasteiger partial charge in [0.1, 0.15) is 4.88 Å². The first-order valence-electron chi connectivity index (χ1n) is 3.19. The zero-order chi connectivity index (χ0) is 10.9. The van der Waals surface area contributed by atoms with Crippen LogP contribution in [0.3, 0.4) is 0 Å². The quantitative estimate of drug-likeness (QED) is 0.761. The molecule has 1 aromatic heterocycles. The molecule has 0 saturated heterocycles. The van der Waals surface area contributed by atoms with E-state index < -0.39 is 22.9 Å². The van der Waals surface area contributed by atoms with Crippen molar-refractivity contribution in [3.63, 3.8) is 0 Å². The van der Waals surface area contributed by atoms with E-state index in [1.807, 2.05) is 0 Å². The zero-order valence-corrected chi connectivity index (χ0v) is 7.28. The molecule has 8 heteroatoms. The predicted octanol–water partition coefficient (Wildman–Crippen LogP) is 0.987. The number of aromatic nitrogens is 1. The molecule has 4 nitrogen and oxygen atoms in total. The molecule has 0 aliphatic rings. The molecule has 0 aliphatic heterocycles. The van der Waals surface area contributed by atoms with Crippen LogP contribution >= 0.6 is 11.3 Å².